The number of carbonyl (C=O) groups is 2. The molecule has 0 atom stereocenters. The minimum absolute atomic E-state index is 0.249. The zero-order chi connectivity index (χ0) is 19.0. The summed E-state index contributed by atoms with van der Waals surface area (Å²) < 4.78 is 10.00. The second-order valence-electron chi connectivity index (χ2n) is 6.71. The lowest BCUT2D eigenvalue weighted by atomic mass is 10.1. The summed E-state index contributed by atoms with van der Waals surface area (Å²) in [4.78, 5) is 23.8. The molecule has 0 heterocycles. The zero-order valence-electron chi connectivity index (χ0n) is 16.4. The number of ether oxygens (including phenoxy) is 2. The van der Waals surface area contributed by atoms with Gasteiger partial charge in [0.1, 0.15) is 0 Å². The molecule has 4 nitrogen and oxygen atoms in total. The van der Waals surface area contributed by atoms with Crippen LogP contribution in [0.1, 0.15) is 98.3 Å². The molecule has 1 aromatic carbocycles. The monoisotopic (exact) mass is 362 g/mol. The molecule has 0 spiro atoms. The van der Waals surface area contributed by atoms with Gasteiger partial charge in [-0.3, -0.25) is 0 Å². The first-order valence-electron chi connectivity index (χ1n) is 10.0. The first-order valence-corrected chi connectivity index (χ1v) is 10.0. The maximum atomic E-state index is 12.1. The van der Waals surface area contributed by atoms with Crippen molar-refractivity contribution in [3.8, 4) is 0 Å². The highest BCUT2D eigenvalue weighted by molar-refractivity contribution is 6.03. The molecular weight excluding hydrogens is 328 g/mol. The number of benzene rings is 1. The molecular formula is C22H34O4. The van der Waals surface area contributed by atoms with Gasteiger partial charge in [0.2, 0.25) is 0 Å². The Morgan fingerprint density at radius 2 is 1.19 bits per heavy atom. The largest absolute Gasteiger partial charge is 0.465 e. The van der Waals surface area contributed by atoms with Gasteiger partial charge in [-0.2, -0.15) is 0 Å². The minimum atomic E-state index is -0.521. The van der Waals surface area contributed by atoms with Crippen LogP contribution in [0.2, 0.25) is 0 Å². The van der Waals surface area contributed by atoms with Crippen molar-refractivity contribution in [1.82, 2.24) is 0 Å². The van der Waals surface area contributed by atoms with Crippen LogP contribution >= 0.6 is 0 Å². The third kappa shape index (κ3) is 9.02. The van der Waals surface area contributed by atoms with Crippen molar-refractivity contribution >= 4 is 11.9 Å². The first kappa shape index (κ1) is 22.2. The lowest BCUT2D eigenvalue weighted by molar-refractivity contribution is 0.0480. The van der Waals surface area contributed by atoms with Crippen molar-refractivity contribution in [3.05, 3.63) is 35.4 Å². The number of rotatable bonds is 14. The van der Waals surface area contributed by atoms with Gasteiger partial charge >= 0.3 is 11.9 Å². The number of methoxy groups -OCH3 is 1. The molecule has 1 rings (SSSR count). The molecule has 1 aromatic rings. The summed E-state index contributed by atoms with van der Waals surface area (Å²) in [6.45, 7) is 2.64. The molecule has 0 aliphatic heterocycles. The van der Waals surface area contributed by atoms with Gasteiger partial charge < -0.3 is 9.47 Å². The van der Waals surface area contributed by atoms with E-state index in [4.69, 9.17) is 9.47 Å². The van der Waals surface area contributed by atoms with Crippen LogP contribution < -0.4 is 0 Å². The average Bonchev–Trinajstić information content (AvgIpc) is 2.68. The maximum absolute atomic E-state index is 12.1. The molecule has 146 valence electrons. The molecule has 0 aliphatic rings. The van der Waals surface area contributed by atoms with Crippen molar-refractivity contribution in [3.63, 3.8) is 0 Å². The van der Waals surface area contributed by atoms with E-state index >= 15 is 0 Å². The highest BCUT2D eigenvalue weighted by atomic mass is 16.5. The fourth-order valence-corrected chi connectivity index (χ4v) is 2.96. The van der Waals surface area contributed by atoms with Gasteiger partial charge in [-0.15, -0.1) is 0 Å². The van der Waals surface area contributed by atoms with Crippen molar-refractivity contribution in [2.24, 2.45) is 0 Å². The van der Waals surface area contributed by atoms with E-state index in [1.165, 1.54) is 64.9 Å². The number of esters is 2. The van der Waals surface area contributed by atoms with Crippen molar-refractivity contribution < 1.29 is 19.1 Å². The normalized spacial score (nSPS) is 10.5. The smallest absolute Gasteiger partial charge is 0.339 e. The van der Waals surface area contributed by atoms with E-state index in [0.29, 0.717) is 6.61 Å². The van der Waals surface area contributed by atoms with Crippen molar-refractivity contribution in [2.45, 2.75) is 77.6 Å². The van der Waals surface area contributed by atoms with Crippen LogP contribution in [-0.2, 0) is 9.47 Å². The molecule has 0 amide bonds. The highest BCUT2D eigenvalue weighted by Crippen LogP contribution is 2.13. The molecule has 26 heavy (non-hydrogen) atoms. The van der Waals surface area contributed by atoms with E-state index in [1.54, 1.807) is 24.3 Å². The predicted octanol–water partition coefficient (Wildman–Crippen LogP) is 5.94. The zero-order valence-corrected chi connectivity index (χ0v) is 16.4. The van der Waals surface area contributed by atoms with E-state index in [2.05, 4.69) is 6.92 Å². The molecule has 0 fully saturated rings. The summed E-state index contributed by atoms with van der Waals surface area (Å²) in [6.07, 6.45) is 13.8. The van der Waals surface area contributed by atoms with Gasteiger partial charge in [0.05, 0.1) is 24.8 Å². The van der Waals surface area contributed by atoms with E-state index < -0.39 is 11.9 Å². The van der Waals surface area contributed by atoms with Crippen LogP contribution in [0, 0.1) is 0 Å². The van der Waals surface area contributed by atoms with Gasteiger partial charge in [-0.1, -0.05) is 83.3 Å². The van der Waals surface area contributed by atoms with E-state index in [0.717, 1.165) is 12.8 Å². The fraction of sp³-hybridized carbons (Fsp3) is 0.636. The Bertz CT molecular complexity index is 525. The molecule has 0 saturated heterocycles. The summed E-state index contributed by atoms with van der Waals surface area (Å²) in [6, 6.07) is 6.58. The van der Waals surface area contributed by atoms with Crippen LogP contribution in [0.25, 0.3) is 0 Å². The fourth-order valence-electron chi connectivity index (χ4n) is 2.96. The van der Waals surface area contributed by atoms with Crippen LogP contribution in [0.15, 0.2) is 24.3 Å². The van der Waals surface area contributed by atoms with Crippen LogP contribution in [0.3, 0.4) is 0 Å². The minimum Gasteiger partial charge on any atom is -0.465 e. The third-order valence-electron chi connectivity index (χ3n) is 4.53. The average molecular weight is 363 g/mol. The van der Waals surface area contributed by atoms with Gasteiger partial charge in [0, 0.05) is 0 Å². The lowest BCUT2D eigenvalue weighted by Gasteiger charge is -2.08. The Morgan fingerprint density at radius 1 is 0.731 bits per heavy atom. The number of hydrogen-bond acceptors (Lipinski definition) is 4. The quantitative estimate of drug-likeness (QED) is 0.303. The summed E-state index contributed by atoms with van der Waals surface area (Å²) in [5.41, 5.74) is 0.515. The second kappa shape index (κ2) is 14.3. The Hall–Kier alpha value is -1.84. The van der Waals surface area contributed by atoms with Crippen LogP contribution in [0.4, 0.5) is 0 Å². The number of carbonyl (C=O) groups excluding carboxylic acids is 2. The Balaban J connectivity index is 2.10. The molecule has 0 unspecified atom stereocenters. The maximum Gasteiger partial charge on any atom is 0.339 e. The lowest BCUT2D eigenvalue weighted by Crippen LogP contribution is -2.13. The summed E-state index contributed by atoms with van der Waals surface area (Å²) in [5, 5.41) is 0. The van der Waals surface area contributed by atoms with Gasteiger partial charge in [-0.05, 0) is 18.6 Å². The Morgan fingerprint density at radius 3 is 1.69 bits per heavy atom. The standard InChI is InChI=1S/C22H34O4/c1-3-4-5-6-7-8-9-10-11-12-15-18-26-22(24)20-17-14-13-16-19(20)21(23)25-2/h13-14,16-17H,3-12,15,18H2,1-2H3. The van der Waals surface area contributed by atoms with Gasteiger partial charge in [-0.25, -0.2) is 9.59 Å². The van der Waals surface area contributed by atoms with E-state index in [9.17, 15) is 9.59 Å². The molecule has 0 aliphatic carbocycles. The molecule has 4 heteroatoms. The third-order valence-corrected chi connectivity index (χ3v) is 4.53. The number of unbranched alkanes of at least 4 members (excludes halogenated alkanes) is 10. The summed E-state index contributed by atoms with van der Waals surface area (Å²) in [7, 11) is 1.30. The highest BCUT2D eigenvalue weighted by Gasteiger charge is 2.17. The molecule has 0 aromatic heterocycles. The van der Waals surface area contributed by atoms with Crippen molar-refractivity contribution in [2.75, 3.05) is 13.7 Å². The van der Waals surface area contributed by atoms with E-state index in [-0.39, 0.29) is 11.1 Å². The van der Waals surface area contributed by atoms with Crippen LogP contribution in [-0.4, -0.2) is 25.7 Å². The number of hydrogen-bond donors (Lipinski definition) is 0. The predicted molar refractivity (Wildman–Crippen MR) is 105 cm³/mol. The van der Waals surface area contributed by atoms with E-state index in [1.807, 2.05) is 0 Å². The second-order valence-corrected chi connectivity index (χ2v) is 6.71. The molecule has 0 saturated carbocycles. The topological polar surface area (TPSA) is 52.6 Å². The SMILES string of the molecule is CCCCCCCCCCCCCOC(=O)c1ccccc1C(=O)OC. The first-order chi connectivity index (χ1) is 12.7. The summed E-state index contributed by atoms with van der Waals surface area (Å²) in [5.74, 6) is -0.981. The van der Waals surface area contributed by atoms with Crippen molar-refractivity contribution in [1.29, 1.82) is 0 Å². The molecule has 0 bridgehead atoms. The molecule has 0 radical (unpaired) electrons. The summed E-state index contributed by atoms with van der Waals surface area (Å²) >= 11 is 0. The molecule has 0 N–H and O–H groups in total. The van der Waals surface area contributed by atoms with Gasteiger partial charge in [0.15, 0.2) is 0 Å². The Kier molecular flexibility index (Phi) is 12.2. The van der Waals surface area contributed by atoms with Crippen LogP contribution in [0.5, 0.6) is 0 Å². The Labute approximate surface area is 158 Å². The van der Waals surface area contributed by atoms with Gasteiger partial charge in [0.25, 0.3) is 0 Å².